The summed E-state index contributed by atoms with van der Waals surface area (Å²) < 4.78 is 71.1. The zero-order chi connectivity index (χ0) is 25.2. The molecule has 34 heavy (non-hydrogen) atoms. The van der Waals surface area contributed by atoms with Crippen LogP contribution in [0.1, 0.15) is 24.0 Å². The van der Waals surface area contributed by atoms with Gasteiger partial charge in [-0.2, -0.15) is 27.4 Å². The molecule has 0 aromatic heterocycles. The topological polar surface area (TPSA) is 175 Å². The first kappa shape index (κ1) is 26.8. The molecular formula is C22H22N2O8S2. The summed E-state index contributed by atoms with van der Waals surface area (Å²) in [5.74, 6) is 0.0503. The average Bonchev–Trinajstić information content (AvgIpc) is 2.78. The maximum atomic E-state index is 10.7. The van der Waals surface area contributed by atoms with Crippen LogP contribution in [-0.4, -0.2) is 50.7 Å². The van der Waals surface area contributed by atoms with Crippen molar-refractivity contribution in [3.05, 3.63) is 59.7 Å². The predicted molar refractivity (Wildman–Crippen MR) is 124 cm³/mol. The third kappa shape index (κ3) is 9.21. The summed E-state index contributed by atoms with van der Waals surface area (Å²) in [5.41, 5.74) is 1.24. The standard InChI is InChI=1S/C22H22N2O8S2/c23-15-21(17-3-7-19(8-4-17)31-11-1-13-33(25,26)27)22(16-24)18-5-9-20(10-6-18)32-12-2-14-34(28,29)30/h3-10H,1-2,11-14H2,(H,25,26,27)(H,28,29,30). The molecule has 12 heteroatoms. The van der Waals surface area contributed by atoms with Crippen LogP contribution < -0.4 is 9.47 Å². The molecule has 0 bridgehead atoms. The van der Waals surface area contributed by atoms with Crippen molar-refractivity contribution in [1.29, 1.82) is 10.5 Å². The molecule has 2 aromatic carbocycles. The van der Waals surface area contributed by atoms with E-state index in [1.165, 1.54) is 0 Å². The molecule has 0 unspecified atom stereocenters. The van der Waals surface area contributed by atoms with Gasteiger partial charge < -0.3 is 9.47 Å². The van der Waals surface area contributed by atoms with Gasteiger partial charge in [0.25, 0.3) is 20.2 Å². The van der Waals surface area contributed by atoms with E-state index in [9.17, 15) is 27.4 Å². The van der Waals surface area contributed by atoms with Crippen LogP contribution in [-0.2, 0) is 20.2 Å². The van der Waals surface area contributed by atoms with Gasteiger partial charge in [-0.15, -0.1) is 0 Å². The molecule has 0 heterocycles. The molecule has 180 valence electrons. The van der Waals surface area contributed by atoms with E-state index in [-0.39, 0.29) is 37.2 Å². The highest BCUT2D eigenvalue weighted by Crippen LogP contribution is 2.28. The van der Waals surface area contributed by atoms with Crippen molar-refractivity contribution >= 4 is 31.4 Å². The largest absolute Gasteiger partial charge is 0.494 e. The zero-order valence-corrected chi connectivity index (χ0v) is 19.5. The number of rotatable bonds is 12. The number of nitriles is 2. The zero-order valence-electron chi connectivity index (χ0n) is 17.9. The highest BCUT2D eigenvalue weighted by atomic mass is 32.2. The Morgan fingerprint density at radius 3 is 1.26 bits per heavy atom. The summed E-state index contributed by atoms with van der Waals surface area (Å²) in [6.07, 6.45) is 0.228. The number of hydrogen-bond acceptors (Lipinski definition) is 8. The van der Waals surface area contributed by atoms with Gasteiger partial charge in [0.15, 0.2) is 0 Å². The Kier molecular flexibility index (Phi) is 9.59. The fourth-order valence-electron chi connectivity index (χ4n) is 2.83. The van der Waals surface area contributed by atoms with Crippen LogP contribution in [0.2, 0.25) is 0 Å². The highest BCUT2D eigenvalue weighted by molar-refractivity contribution is 7.86. The van der Waals surface area contributed by atoms with Crippen molar-refractivity contribution in [1.82, 2.24) is 0 Å². The fourth-order valence-corrected chi connectivity index (χ4v) is 3.79. The third-order valence-corrected chi connectivity index (χ3v) is 6.00. The Bertz CT molecular complexity index is 1200. The summed E-state index contributed by atoms with van der Waals surface area (Å²) in [7, 11) is -8.09. The Morgan fingerprint density at radius 2 is 1.00 bits per heavy atom. The average molecular weight is 507 g/mol. The van der Waals surface area contributed by atoms with Gasteiger partial charge in [-0.1, -0.05) is 0 Å². The molecule has 0 aliphatic rings. The maximum absolute atomic E-state index is 10.7. The molecule has 0 saturated carbocycles. The normalized spacial score (nSPS) is 12.2. The Labute approximate surface area is 198 Å². The number of hydrogen-bond donors (Lipinski definition) is 2. The van der Waals surface area contributed by atoms with Crippen molar-refractivity contribution in [2.24, 2.45) is 0 Å². The van der Waals surface area contributed by atoms with E-state index in [2.05, 4.69) is 0 Å². The lowest BCUT2D eigenvalue weighted by Crippen LogP contribution is -2.08. The molecule has 0 aliphatic heterocycles. The molecular weight excluding hydrogens is 484 g/mol. The van der Waals surface area contributed by atoms with E-state index in [0.717, 1.165) is 0 Å². The minimum absolute atomic E-state index is 0.0771. The lowest BCUT2D eigenvalue weighted by atomic mass is 9.96. The second kappa shape index (κ2) is 12.2. The van der Waals surface area contributed by atoms with E-state index < -0.39 is 31.7 Å². The maximum Gasteiger partial charge on any atom is 0.264 e. The Morgan fingerprint density at radius 1 is 0.676 bits per heavy atom. The van der Waals surface area contributed by atoms with Gasteiger partial charge in [0.2, 0.25) is 0 Å². The highest BCUT2D eigenvalue weighted by Gasteiger charge is 2.12. The fraction of sp³-hybridized carbons (Fsp3) is 0.273. The molecule has 0 spiro atoms. The van der Waals surface area contributed by atoms with E-state index in [0.29, 0.717) is 22.6 Å². The van der Waals surface area contributed by atoms with Gasteiger partial charge in [0, 0.05) is 0 Å². The molecule has 0 atom stereocenters. The molecule has 2 rings (SSSR count). The van der Waals surface area contributed by atoms with E-state index in [4.69, 9.17) is 18.6 Å². The van der Waals surface area contributed by atoms with Crippen LogP contribution in [0.3, 0.4) is 0 Å². The van der Waals surface area contributed by atoms with Gasteiger partial charge in [-0.25, -0.2) is 0 Å². The number of ether oxygens (including phenoxy) is 2. The van der Waals surface area contributed by atoms with Crippen molar-refractivity contribution in [3.63, 3.8) is 0 Å². The second-order valence-corrected chi connectivity index (χ2v) is 10.1. The number of benzene rings is 2. The first-order valence-electron chi connectivity index (χ1n) is 9.93. The molecule has 0 aliphatic carbocycles. The quantitative estimate of drug-likeness (QED) is 0.188. The van der Waals surface area contributed by atoms with Gasteiger partial charge in [0.05, 0.1) is 35.9 Å². The van der Waals surface area contributed by atoms with Crippen molar-refractivity contribution in [2.45, 2.75) is 12.8 Å². The molecule has 2 aromatic rings. The van der Waals surface area contributed by atoms with Crippen LogP contribution >= 0.6 is 0 Å². The van der Waals surface area contributed by atoms with Crippen molar-refractivity contribution in [2.75, 3.05) is 24.7 Å². The van der Waals surface area contributed by atoms with Crippen LogP contribution in [0, 0.1) is 22.7 Å². The van der Waals surface area contributed by atoms with Crippen LogP contribution in [0.25, 0.3) is 11.1 Å². The Hall–Kier alpha value is -3.42. The van der Waals surface area contributed by atoms with Crippen LogP contribution in [0.4, 0.5) is 0 Å². The van der Waals surface area contributed by atoms with Crippen molar-refractivity contribution < 1.29 is 35.4 Å². The molecule has 0 fully saturated rings. The van der Waals surface area contributed by atoms with Crippen molar-refractivity contribution in [3.8, 4) is 23.6 Å². The van der Waals surface area contributed by atoms with E-state index >= 15 is 0 Å². The number of allylic oxidation sites excluding steroid dienone is 2. The summed E-state index contributed by atoms with van der Waals surface area (Å²) in [4.78, 5) is 0. The minimum Gasteiger partial charge on any atom is -0.494 e. The summed E-state index contributed by atoms with van der Waals surface area (Å²) in [6, 6.07) is 16.8. The third-order valence-electron chi connectivity index (χ3n) is 4.39. The second-order valence-electron chi connectivity index (χ2n) is 7.00. The van der Waals surface area contributed by atoms with Gasteiger partial charge in [-0.05, 0) is 72.5 Å². The summed E-state index contributed by atoms with van der Waals surface area (Å²) in [5, 5.41) is 19.3. The lowest BCUT2D eigenvalue weighted by Gasteiger charge is -2.09. The van der Waals surface area contributed by atoms with E-state index in [1.54, 1.807) is 48.5 Å². The first-order valence-corrected chi connectivity index (χ1v) is 13.2. The summed E-state index contributed by atoms with van der Waals surface area (Å²) >= 11 is 0. The molecule has 0 radical (unpaired) electrons. The first-order chi connectivity index (χ1) is 16.0. The monoisotopic (exact) mass is 506 g/mol. The van der Waals surface area contributed by atoms with Gasteiger partial charge in [-0.3, -0.25) is 9.11 Å². The van der Waals surface area contributed by atoms with Crippen LogP contribution in [0.15, 0.2) is 48.5 Å². The molecule has 2 N–H and O–H groups in total. The number of nitrogens with zero attached hydrogens (tertiary/aromatic N) is 2. The smallest absolute Gasteiger partial charge is 0.264 e. The van der Waals surface area contributed by atoms with Crippen LogP contribution in [0.5, 0.6) is 11.5 Å². The molecule has 0 amide bonds. The SMILES string of the molecule is N#CC(=C(C#N)c1ccc(OCCCS(=O)(=O)O)cc1)c1ccc(OCCCS(=O)(=O)O)cc1. The predicted octanol–water partition coefficient (Wildman–Crippen LogP) is 2.96. The Balaban J connectivity index is 2.09. The van der Waals surface area contributed by atoms with E-state index in [1.807, 2.05) is 12.1 Å². The minimum atomic E-state index is -4.04. The summed E-state index contributed by atoms with van der Waals surface area (Å²) in [6.45, 7) is 0.154. The lowest BCUT2D eigenvalue weighted by molar-refractivity contribution is 0.316. The molecule has 0 saturated heterocycles. The van der Waals surface area contributed by atoms with Gasteiger partial charge >= 0.3 is 0 Å². The molecule has 10 nitrogen and oxygen atoms in total. The van der Waals surface area contributed by atoms with Gasteiger partial charge in [0.1, 0.15) is 23.6 Å².